The summed E-state index contributed by atoms with van der Waals surface area (Å²) in [6.07, 6.45) is 0. The molecule has 1 aromatic rings. The third kappa shape index (κ3) is 3.55. The van der Waals surface area contributed by atoms with Crippen molar-refractivity contribution in [1.82, 2.24) is 10.2 Å². The molecule has 0 radical (unpaired) electrons. The van der Waals surface area contributed by atoms with Gasteiger partial charge in [0.15, 0.2) is 0 Å². The molecule has 2 rings (SSSR count). The standard InChI is InChI=1S/C14H20N2O2/c1-2-18-14(17)13-5-3-4-12(10-13)11-16-8-6-15-7-9-16/h3-5,10,15H,2,6-9,11H2,1H3. The molecular weight excluding hydrogens is 228 g/mol. The summed E-state index contributed by atoms with van der Waals surface area (Å²) in [6, 6.07) is 7.72. The summed E-state index contributed by atoms with van der Waals surface area (Å²) >= 11 is 0. The Balaban J connectivity index is 2.00. The number of nitrogens with zero attached hydrogens (tertiary/aromatic N) is 1. The number of ether oxygens (including phenoxy) is 1. The van der Waals surface area contributed by atoms with Crippen LogP contribution < -0.4 is 5.32 Å². The number of rotatable bonds is 4. The Morgan fingerprint density at radius 2 is 2.17 bits per heavy atom. The maximum atomic E-state index is 11.6. The molecule has 0 atom stereocenters. The summed E-state index contributed by atoms with van der Waals surface area (Å²) in [5.41, 5.74) is 1.81. The normalized spacial score (nSPS) is 16.5. The predicted octanol–water partition coefficient (Wildman–Crippen LogP) is 1.27. The zero-order valence-electron chi connectivity index (χ0n) is 10.8. The monoisotopic (exact) mass is 248 g/mol. The first-order valence-corrected chi connectivity index (χ1v) is 6.48. The minimum Gasteiger partial charge on any atom is -0.462 e. The lowest BCUT2D eigenvalue weighted by molar-refractivity contribution is 0.0526. The second-order valence-corrected chi connectivity index (χ2v) is 4.45. The van der Waals surface area contributed by atoms with Gasteiger partial charge >= 0.3 is 5.97 Å². The topological polar surface area (TPSA) is 41.6 Å². The Bertz CT molecular complexity index is 401. The van der Waals surface area contributed by atoms with Crippen LogP contribution >= 0.6 is 0 Å². The summed E-state index contributed by atoms with van der Waals surface area (Å²) in [6.45, 7) is 7.33. The molecule has 1 N–H and O–H groups in total. The van der Waals surface area contributed by atoms with Crippen molar-refractivity contribution in [2.24, 2.45) is 0 Å². The second kappa shape index (κ2) is 6.52. The quantitative estimate of drug-likeness (QED) is 0.815. The van der Waals surface area contributed by atoms with Gasteiger partial charge < -0.3 is 10.1 Å². The van der Waals surface area contributed by atoms with Crippen molar-refractivity contribution in [2.75, 3.05) is 32.8 Å². The van der Waals surface area contributed by atoms with Crippen LogP contribution in [0.15, 0.2) is 24.3 Å². The zero-order valence-corrected chi connectivity index (χ0v) is 10.8. The molecular formula is C14H20N2O2. The van der Waals surface area contributed by atoms with E-state index in [-0.39, 0.29) is 5.97 Å². The lowest BCUT2D eigenvalue weighted by Crippen LogP contribution is -2.42. The minimum atomic E-state index is -0.236. The largest absolute Gasteiger partial charge is 0.462 e. The van der Waals surface area contributed by atoms with E-state index < -0.39 is 0 Å². The van der Waals surface area contributed by atoms with Crippen LogP contribution in [0.25, 0.3) is 0 Å². The van der Waals surface area contributed by atoms with Crippen LogP contribution in [-0.2, 0) is 11.3 Å². The molecule has 0 aliphatic carbocycles. The number of hydrogen-bond donors (Lipinski definition) is 1. The molecule has 1 aliphatic rings. The highest BCUT2D eigenvalue weighted by atomic mass is 16.5. The molecule has 0 amide bonds. The van der Waals surface area contributed by atoms with E-state index in [0.29, 0.717) is 12.2 Å². The van der Waals surface area contributed by atoms with E-state index in [1.54, 1.807) is 6.07 Å². The zero-order chi connectivity index (χ0) is 12.8. The summed E-state index contributed by atoms with van der Waals surface area (Å²) in [5, 5.41) is 3.33. The predicted molar refractivity (Wildman–Crippen MR) is 70.5 cm³/mol. The number of hydrogen-bond acceptors (Lipinski definition) is 4. The molecule has 4 heteroatoms. The highest BCUT2D eigenvalue weighted by Crippen LogP contribution is 2.10. The maximum absolute atomic E-state index is 11.6. The molecule has 4 nitrogen and oxygen atoms in total. The van der Waals surface area contributed by atoms with Gasteiger partial charge in [-0.15, -0.1) is 0 Å². The van der Waals surface area contributed by atoms with E-state index in [1.165, 1.54) is 5.56 Å². The molecule has 0 spiro atoms. The number of benzene rings is 1. The van der Waals surface area contributed by atoms with Crippen molar-refractivity contribution < 1.29 is 9.53 Å². The van der Waals surface area contributed by atoms with E-state index in [0.717, 1.165) is 32.7 Å². The number of piperazine rings is 1. The molecule has 0 unspecified atom stereocenters. The van der Waals surface area contributed by atoms with Crippen LogP contribution in [0, 0.1) is 0 Å². The third-order valence-electron chi connectivity index (χ3n) is 3.05. The Hall–Kier alpha value is -1.39. The number of carbonyl (C=O) groups excluding carboxylic acids is 1. The number of esters is 1. The summed E-state index contributed by atoms with van der Waals surface area (Å²) in [5.74, 6) is -0.236. The third-order valence-corrected chi connectivity index (χ3v) is 3.05. The van der Waals surface area contributed by atoms with Crippen molar-refractivity contribution in [2.45, 2.75) is 13.5 Å². The molecule has 1 fully saturated rings. The van der Waals surface area contributed by atoms with Gasteiger partial charge in [-0.2, -0.15) is 0 Å². The van der Waals surface area contributed by atoms with Crippen molar-refractivity contribution in [3.8, 4) is 0 Å². The summed E-state index contributed by atoms with van der Waals surface area (Å²) < 4.78 is 5.01. The fraction of sp³-hybridized carbons (Fsp3) is 0.500. The van der Waals surface area contributed by atoms with Crippen LogP contribution in [0.3, 0.4) is 0 Å². The average Bonchev–Trinajstić information content (AvgIpc) is 2.40. The minimum absolute atomic E-state index is 0.236. The first kappa shape index (κ1) is 13.1. The van der Waals surface area contributed by atoms with E-state index in [4.69, 9.17) is 4.74 Å². The SMILES string of the molecule is CCOC(=O)c1cccc(CN2CCNCC2)c1. The first-order valence-electron chi connectivity index (χ1n) is 6.48. The maximum Gasteiger partial charge on any atom is 0.338 e. The van der Waals surface area contributed by atoms with Gasteiger partial charge in [0.2, 0.25) is 0 Å². The van der Waals surface area contributed by atoms with Gasteiger partial charge in [-0.1, -0.05) is 12.1 Å². The van der Waals surface area contributed by atoms with Crippen molar-refractivity contribution >= 4 is 5.97 Å². The average molecular weight is 248 g/mol. The Morgan fingerprint density at radius 1 is 1.39 bits per heavy atom. The van der Waals surface area contributed by atoms with Crippen LogP contribution in [-0.4, -0.2) is 43.7 Å². The van der Waals surface area contributed by atoms with Crippen molar-refractivity contribution in [3.05, 3.63) is 35.4 Å². The van der Waals surface area contributed by atoms with Gasteiger partial charge in [-0.05, 0) is 24.6 Å². The van der Waals surface area contributed by atoms with Crippen molar-refractivity contribution in [3.63, 3.8) is 0 Å². The lowest BCUT2D eigenvalue weighted by atomic mass is 10.1. The smallest absolute Gasteiger partial charge is 0.338 e. The number of nitrogens with one attached hydrogen (secondary N) is 1. The van der Waals surface area contributed by atoms with Gasteiger partial charge in [0, 0.05) is 32.7 Å². The Morgan fingerprint density at radius 3 is 2.89 bits per heavy atom. The molecule has 1 aromatic carbocycles. The molecule has 1 aliphatic heterocycles. The molecule has 0 bridgehead atoms. The Kier molecular flexibility index (Phi) is 4.73. The summed E-state index contributed by atoms with van der Waals surface area (Å²) in [7, 11) is 0. The molecule has 1 saturated heterocycles. The van der Waals surface area contributed by atoms with E-state index in [1.807, 2.05) is 19.1 Å². The molecule has 1 heterocycles. The highest BCUT2D eigenvalue weighted by Gasteiger charge is 2.11. The number of carbonyl (C=O) groups is 1. The second-order valence-electron chi connectivity index (χ2n) is 4.45. The highest BCUT2D eigenvalue weighted by molar-refractivity contribution is 5.89. The van der Waals surface area contributed by atoms with E-state index >= 15 is 0 Å². The van der Waals surface area contributed by atoms with Gasteiger partial charge in [-0.3, -0.25) is 4.90 Å². The molecule has 18 heavy (non-hydrogen) atoms. The fourth-order valence-electron chi connectivity index (χ4n) is 2.14. The van der Waals surface area contributed by atoms with Gasteiger partial charge in [0.1, 0.15) is 0 Å². The van der Waals surface area contributed by atoms with E-state index in [2.05, 4.69) is 16.3 Å². The first-order chi connectivity index (χ1) is 8.79. The van der Waals surface area contributed by atoms with Crippen LogP contribution in [0.5, 0.6) is 0 Å². The molecule has 0 aromatic heterocycles. The van der Waals surface area contributed by atoms with Crippen molar-refractivity contribution in [1.29, 1.82) is 0 Å². The van der Waals surface area contributed by atoms with Gasteiger partial charge in [0.05, 0.1) is 12.2 Å². The lowest BCUT2D eigenvalue weighted by Gasteiger charge is -2.27. The molecule has 0 saturated carbocycles. The van der Waals surface area contributed by atoms with Gasteiger partial charge in [0.25, 0.3) is 0 Å². The van der Waals surface area contributed by atoms with Crippen LogP contribution in [0.2, 0.25) is 0 Å². The fourth-order valence-corrected chi connectivity index (χ4v) is 2.14. The van der Waals surface area contributed by atoms with Crippen LogP contribution in [0.4, 0.5) is 0 Å². The van der Waals surface area contributed by atoms with E-state index in [9.17, 15) is 4.79 Å². The van der Waals surface area contributed by atoms with Gasteiger partial charge in [-0.25, -0.2) is 4.79 Å². The molecule has 98 valence electrons. The summed E-state index contributed by atoms with van der Waals surface area (Å²) in [4.78, 5) is 14.0. The Labute approximate surface area is 108 Å². The van der Waals surface area contributed by atoms with Crippen LogP contribution in [0.1, 0.15) is 22.8 Å².